The average molecular weight is 305 g/mol. The van der Waals surface area contributed by atoms with E-state index in [-0.39, 0.29) is 23.4 Å². The van der Waals surface area contributed by atoms with E-state index in [0.29, 0.717) is 6.10 Å². The molecule has 3 rings (SSSR count). The van der Waals surface area contributed by atoms with Gasteiger partial charge < -0.3 is 14.6 Å². The van der Waals surface area contributed by atoms with Gasteiger partial charge >= 0.3 is 0 Å². The number of hydrogen-bond acceptors (Lipinski definition) is 3. The molecular weight excluding hydrogens is 278 g/mol. The van der Waals surface area contributed by atoms with Crippen molar-refractivity contribution in [2.24, 2.45) is 5.41 Å². The minimum absolute atomic E-state index is 0.0860. The van der Waals surface area contributed by atoms with Crippen molar-refractivity contribution in [2.75, 3.05) is 6.61 Å². The van der Waals surface area contributed by atoms with Crippen molar-refractivity contribution in [1.82, 2.24) is 14.9 Å². The van der Waals surface area contributed by atoms with Gasteiger partial charge in [-0.15, -0.1) is 0 Å². The van der Waals surface area contributed by atoms with Gasteiger partial charge in [-0.05, 0) is 33.1 Å². The van der Waals surface area contributed by atoms with Crippen molar-refractivity contribution in [3.05, 3.63) is 18.7 Å². The number of amides is 1. The predicted molar refractivity (Wildman–Crippen MR) is 84.4 cm³/mol. The maximum absolute atomic E-state index is 12.5. The van der Waals surface area contributed by atoms with Gasteiger partial charge in [0.2, 0.25) is 5.91 Å². The van der Waals surface area contributed by atoms with Crippen LogP contribution in [0.1, 0.15) is 58.4 Å². The van der Waals surface area contributed by atoms with Gasteiger partial charge in [-0.1, -0.05) is 19.3 Å². The van der Waals surface area contributed by atoms with E-state index in [0.717, 1.165) is 13.0 Å². The lowest BCUT2D eigenvalue weighted by molar-refractivity contribution is -0.158. The van der Waals surface area contributed by atoms with Gasteiger partial charge in [-0.2, -0.15) is 0 Å². The Morgan fingerprint density at radius 3 is 2.86 bits per heavy atom. The van der Waals surface area contributed by atoms with Crippen LogP contribution < -0.4 is 5.32 Å². The first kappa shape index (κ1) is 15.5. The fourth-order valence-corrected chi connectivity index (χ4v) is 4.19. The first-order valence-corrected chi connectivity index (χ1v) is 8.57. The summed E-state index contributed by atoms with van der Waals surface area (Å²) in [7, 11) is 0. The Balaban J connectivity index is 1.65. The summed E-state index contributed by atoms with van der Waals surface area (Å²) in [5.74, 6) is 0.0860. The van der Waals surface area contributed by atoms with E-state index in [1.54, 1.807) is 12.5 Å². The fourth-order valence-electron chi connectivity index (χ4n) is 4.19. The van der Waals surface area contributed by atoms with Crippen molar-refractivity contribution in [1.29, 1.82) is 0 Å². The molecule has 0 aromatic carbocycles. The third kappa shape index (κ3) is 2.67. The van der Waals surface area contributed by atoms with Crippen LogP contribution in [0.15, 0.2) is 18.7 Å². The zero-order valence-corrected chi connectivity index (χ0v) is 13.6. The second kappa shape index (κ2) is 6.41. The predicted octanol–water partition coefficient (Wildman–Crippen LogP) is 2.69. The highest BCUT2D eigenvalue weighted by Gasteiger charge is 2.56. The molecule has 1 aromatic heterocycles. The lowest BCUT2D eigenvalue weighted by Crippen LogP contribution is -2.65. The van der Waals surface area contributed by atoms with Crippen LogP contribution in [0.5, 0.6) is 0 Å². The monoisotopic (exact) mass is 305 g/mol. The molecule has 1 amide bonds. The Kier molecular flexibility index (Phi) is 4.52. The van der Waals surface area contributed by atoms with Crippen LogP contribution in [-0.4, -0.2) is 34.2 Å². The van der Waals surface area contributed by atoms with E-state index < -0.39 is 0 Å². The summed E-state index contributed by atoms with van der Waals surface area (Å²) in [4.78, 5) is 16.6. The topological polar surface area (TPSA) is 56.1 Å². The summed E-state index contributed by atoms with van der Waals surface area (Å²) in [6, 6.07) is 0.0529. The van der Waals surface area contributed by atoms with Gasteiger partial charge in [0.15, 0.2) is 0 Å². The molecule has 5 nitrogen and oxygen atoms in total. The number of nitrogens with one attached hydrogen (secondary N) is 1. The summed E-state index contributed by atoms with van der Waals surface area (Å²) in [6.07, 6.45) is 12.7. The summed E-state index contributed by atoms with van der Waals surface area (Å²) < 4.78 is 7.80. The van der Waals surface area contributed by atoms with Crippen molar-refractivity contribution in [2.45, 2.75) is 70.6 Å². The van der Waals surface area contributed by atoms with Crippen LogP contribution in [0.2, 0.25) is 0 Å². The Labute approximate surface area is 132 Å². The number of rotatable bonds is 5. The Morgan fingerprint density at radius 1 is 1.45 bits per heavy atom. The molecule has 1 spiro atoms. The lowest BCUT2D eigenvalue weighted by Gasteiger charge is -2.57. The van der Waals surface area contributed by atoms with Gasteiger partial charge in [-0.25, -0.2) is 4.98 Å². The summed E-state index contributed by atoms with van der Waals surface area (Å²) >= 11 is 0. The number of carbonyl (C=O) groups is 1. The highest BCUT2D eigenvalue weighted by Crippen LogP contribution is 2.53. The quantitative estimate of drug-likeness (QED) is 0.910. The van der Waals surface area contributed by atoms with Gasteiger partial charge in [0, 0.05) is 30.5 Å². The zero-order chi connectivity index (χ0) is 15.6. The first-order valence-electron chi connectivity index (χ1n) is 8.57. The third-order valence-corrected chi connectivity index (χ3v) is 5.61. The summed E-state index contributed by atoms with van der Waals surface area (Å²) in [5.41, 5.74) is 0.179. The lowest BCUT2D eigenvalue weighted by atomic mass is 9.55. The van der Waals surface area contributed by atoms with Crippen LogP contribution in [0.3, 0.4) is 0 Å². The van der Waals surface area contributed by atoms with Crippen molar-refractivity contribution < 1.29 is 9.53 Å². The molecule has 0 aliphatic heterocycles. The molecule has 5 heteroatoms. The maximum atomic E-state index is 12.5. The highest BCUT2D eigenvalue weighted by atomic mass is 16.5. The van der Waals surface area contributed by atoms with Gasteiger partial charge in [0.05, 0.1) is 12.4 Å². The Morgan fingerprint density at radius 2 is 2.23 bits per heavy atom. The van der Waals surface area contributed by atoms with Gasteiger partial charge in [0.1, 0.15) is 6.04 Å². The Bertz CT molecular complexity index is 494. The van der Waals surface area contributed by atoms with Crippen LogP contribution >= 0.6 is 0 Å². The highest BCUT2D eigenvalue weighted by molar-refractivity contribution is 5.80. The minimum Gasteiger partial charge on any atom is -0.378 e. The van der Waals surface area contributed by atoms with Gasteiger partial charge in [0.25, 0.3) is 0 Å². The fraction of sp³-hybridized carbons (Fsp3) is 0.765. The molecule has 2 aliphatic carbocycles. The SMILES string of the molecule is CCOC1CC(NC(=O)C(C)n2ccnc2)C12CCCCC2. The van der Waals surface area contributed by atoms with Crippen LogP contribution in [0, 0.1) is 5.41 Å². The average Bonchev–Trinajstić information content (AvgIpc) is 3.08. The molecule has 3 unspecified atom stereocenters. The molecule has 1 aromatic rings. The van der Waals surface area contributed by atoms with E-state index >= 15 is 0 Å². The largest absolute Gasteiger partial charge is 0.378 e. The number of hydrogen-bond donors (Lipinski definition) is 1. The maximum Gasteiger partial charge on any atom is 0.243 e. The van der Waals surface area contributed by atoms with Crippen LogP contribution in [0.4, 0.5) is 0 Å². The molecule has 0 bridgehead atoms. The Hall–Kier alpha value is -1.36. The van der Waals surface area contributed by atoms with E-state index in [2.05, 4.69) is 17.2 Å². The van der Waals surface area contributed by atoms with E-state index in [1.807, 2.05) is 17.7 Å². The van der Waals surface area contributed by atoms with Crippen molar-refractivity contribution >= 4 is 5.91 Å². The molecule has 2 fully saturated rings. The summed E-state index contributed by atoms with van der Waals surface area (Å²) in [6.45, 7) is 4.74. The smallest absolute Gasteiger partial charge is 0.243 e. The van der Waals surface area contributed by atoms with E-state index in [4.69, 9.17) is 4.74 Å². The number of nitrogens with zero attached hydrogens (tertiary/aromatic N) is 2. The zero-order valence-electron chi connectivity index (χ0n) is 13.6. The van der Waals surface area contributed by atoms with E-state index in [9.17, 15) is 4.79 Å². The van der Waals surface area contributed by atoms with E-state index in [1.165, 1.54) is 32.1 Å². The molecular formula is C17H27N3O2. The second-order valence-electron chi connectivity index (χ2n) is 6.72. The molecule has 0 radical (unpaired) electrons. The van der Waals surface area contributed by atoms with Crippen molar-refractivity contribution in [3.8, 4) is 0 Å². The van der Waals surface area contributed by atoms with Crippen LogP contribution in [-0.2, 0) is 9.53 Å². The standard InChI is InChI=1S/C17H27N3O2/c1-3-22-15-11-14(17(15)7-5-4-6-8-17)19-16(21)13(2)20-10-9-18-12-20/h9-10,12-15H,3-8,11H2,1-2H3,(H,19,21). The number of aromatic nitrogens is 2. The normalized spacial score (nSPS) is 28.1. The number of imidazole rings is 1. The molecule has 0 saturated heterocycles. The number of carbonyl (C=O) groups excluding carboxylic acids is 1. The van der Waals surface area contributed by atoms with Crippen LogP contribution in [0.25, 0.3) is 0 Å². The molecule has 122 valence electrons. The van der Waals surface area contributed by atoms with Crippen molar-refractivity contribution in [3.63, 3.8) is 0 Å². The third-order valence-electron chi connectivity index (χ3n) is 5.61. The molecule has 1 N–H and O–H groups in total. The number of ether oxygens (including phenoxy) is 1. The minimum atomic E-state index is -0.214. The first-order chi connectivity index (χ1) is 10.7. The summed E-state index contributed by atoms with van der Waals surface area (Å²) in [5, 5.41) is 3.29. The molecule has 22 heavy (non-hydrogen) atoms. The molecule has 2 saturated carbocycles. The molecule has 3 atom stereocenters. The van der Waals surface area contributed by atoms with Gasteiger partial charge in [-0.3, -0.25) is 4.79 Å². The second-order valence-corrected chi connectivity index (χ2v) is 6.72. The molecule has 2 aliphatic rings. The molecule has 1 heterocycles.